The summed E-state index contributed by atoms with van der Waals surface area (Å²) in [4.78, 5) is 23.1. The second kappa shape index (κ2) is 7.49. The molecule has 7 nitrogen and oxygen atoms in total. The third kappa shape index (κ3) is 6.35. The first-order valence-electron chi connectivity index (χ1n) is 6.30. The Morgan fingerprint density at radius 2 is 1.95 bits per heavy atom. The van der Waals surface area contributed by atoms with E-state index in [4.69, 9.17) is 5.73 Å². The van der Waals surface area contributed by atoms with Crippen LogP contribution in [0.15, 0.2) is 0 Å². The highest BCUT2D eigenvalue weighted by Crippen LogP contribution is 2.24. The summed E-state index contributed by atoms with van der Waals surface area (Å²) in [6.45, 7) is 3.16. The lowest BCUT2D eigenvalue weighted by Gasteiger charge is -2.14. The van der Waals surface area contributed by atoms with Gasteiger partial charge in [0, 0.05) is 0 Å². The number of nitrogens with zero attached hydrogens (tertiary/aromatic N) is 2. The van der Waals surface area contributed by atoms with Gasteiger partial charge in [0.25, 0.3) is 0 Å². The molecule has 1 aromatic heterocycles. The fourth-order valence-corrected chi connectivity index (χ4v) is 2.09. The average Bonchev–Trinajstić information content (AvgIpc) is 2.79. The summed E-state index contributed by atoms with van der Waals surface area (Å²) in [5.41, 5.74) is 5.59. The minimum absolute atomic E-state index is 0.0633. The molecular formula is C11H16F3N5O2S. The molecule has 1 rings (SSSR count). The molecule has 0 radical (unpaired) electrons. The Morgan fingerprint density at radius 3 is 2.50 bits per heavy atom. The van der Waals surface area contributed by atoms with Crippen LogP contribution >= 0.6 is 11.3 Å². The van der Waals surface area contributed by atoms with E-state index in [9.17, 15) is 22.8 Å². The summed E-state index contributed by atoms with van der Waals surface area (Å²) in [5, 5.41) is 11.0. The van der Waals surface area contributed by atoms with Crippen LogP contribution in [-0.2, 0) is 16.0 Å². The van der Waals surface area contributed by atoms with Crippen molar-refractivity contribution in [2.45, 2.75) is 32.5 Å². The maximum Gasteiger partial charge on any atom is 0.395 e. The number of nitrogens with one attached hydrogen (secondary N) is 2. The lowest BCUT2D eigenvalue weighted by Crippen LogP contribution is -2.46. The van der Waals surface area contributed by atoms with Crippen molar-refractivity contribution in [3.05, 3.63) is 5.01 Å². The molecule has 0 unspecified atom stereocenters. The van der Waals surface area contributed by atoms with Crippen LogP contribution < -0.4 is 16.4 Å². The second-order valence-corrected chi connectivity index (χ2v) is 5.89. The minimum Gasteiger partial charge on any atom is -0.346 e. The number of hydrogen-bond donors (Lipinski definition) is 3. The Kier molecular flexibility index (Phi) is 6.23. The number of amides is 2. The first-order valence-corrected chi connectivity index (χ1v) is 7.12. The molecule has 0 aliphatic carbocycles. The van der Waals surface area contributed by atoms with Crippen molar-refractivity contribution in [1.82, 2.24) is 15.5 Å². The Balaban J connectivity index is 2.44. The Bertz CT molecular complexity index is 532. The molecule has 0 bridgehead atoms. The molecule has 2 amide bonds. The molecule has 0 aliphatic rings. The van der Waals surface area contributed by atoms with E-state index in [1.807, 2.05) is 0 Å². The Morgan fingerprint density at radius 1 is 1.32 bits per heavy atom. The van der Waals surface area contributed by atoms with Gasteiger partial charge in [-0.05, 0) is 5.92 Å². The monoisotopic (exact) mass is 339 g/mol. The number of carbonyl (C=O) groups is 2. The molecule has 0 saturated carbocycles. The van der Waals surface area contributed by atoms with Gasteiger partial charge in [0.15, 0.2) is 0 Å². The number of alkyl halides is 3. The van der Waals surface area contributed by atoms with Crippen LogP contribution in [0.4, 0.5) is 18.3 Å². The van der Waals surface area contributed by atoms with E-state index in [0.717, 1.165) is 0 Å². The largest absolute Gasteiger partial charge is 0.395 e. The third-order valence-corrected chi connectivity index (χ3v) is 3.35. The van der Waals surface area contributed by atoms with Crippen LogP contribution in [0.2, 0.25) is 0 Å². The molecule has 124 valence electrons. The predicted molar refractivity (Wildman–Crippen MR) is 74.1 cm³/mol. The zero-order valence-electron chi connectivity index (χ0n) is 11.9. The first-order chi connectivity index (χ1) is 10.1. The summed E-state index contributed by atoms with van der Waals surface area (Å²) < 4.78 is 36.5. The summed E-state index contributed by atoms with van der Waals surface area (Å²) in [6.07, 6.45) is -5.59. The number of aromatic nitrogens is 2. The first kappa shape index (κ1) is 18.3. The molecule has 0 spiro atoms. The lowest BCUT2D eigenvalue weighted by molar-refractivity contribution is -0.127. The second-order valence-electron chi connectivity index (χ2n) is 4.83. The van der Waals surface area contributed by atoms with E-state index in [-0.39, 0.29) is 22.6 Å². The average molecular weight is 339 g/mol. The van der Waals surface area contributed by atoms with Gasteiger partial charge in [0.05, 0.1) is 19.0 Å². The van der Waals surface area contributed by atoms with Gasteiger partial charge < -0.3 is 11.1 Å². The highest BCUT2D eigenvalue weighted by molar-refractivity contribution is 7.15. The Hall–Kier alpha value is -1.75. The van der Waals surface area contributed by atoms with Crippen LogP contribution in [0.25, 0.3) is 0 Å². The summed E-state index contributed by atoms with van der Waals surface area (Å²) >= 11 is 0.622. The van der Waals surface area contributed by atoms with Gasteiger partial charge >= 0.3 is 6.18 Å². The van der Waals surface area contributed by atoms with Crippen LogP contribution in [0.1, 0.15) is 18.9 Å². The van der Waals surface area contributed by atoms with Crippen LogP contribution in [0, 0.1) is 5.92 Å². The minimum atomic E-state index is -4.39. The fourth-order valence-electron chi connectivity index (χ4n) is 1.30. The van der Waals surface area contributed by atoms with Gasteiger partial charge in [-0.25, -0.2) is 0 Å². The molecule has 1 heterocycles. The SMILES string of the molecule is CC(C)[C@H](N)C(=O)NCC(=O)Nc1nnc(CC(F)(F)F)s1. The Labute approximate surface area is 128 Å². The summed E-state index contributed by atoms with van der Waals surface area (Å²) in [6, 6.07) is -0.743. The zero-order valence-corrected chi connectivity index (χ0v) is 12.7. The molecule has 0 fully saturated rings. The third-order valence-electron chi connectivity index (χ3n) is 2.51. The van der Waals surface area contributed by atoms with E-state index in [1.54, 1.807) is 13.8 Å². The topological polar surface area (TPSA) is 110 Å². The zero-order chi connectivity index (χ0) is 16.9. The standard InChI is InChI=1S/C11H16F3N5O2S/c1-5(2)8(15)9(21)16-4-6(20)17-10-19-18-7(22-10)3-11(12,13)14/h5,8H,3-4,15H2,1-2H3,(H,16,21)(H,17,19,20)/t8-/m0/s1. The van der Waals surface area contributed by atoms with Crippen molar-refractivity contribution < 1.29 is 22.8 Å². The number of nitrogens with two attached hydrogens (primary N) is 1. The smallest absolute Gasteiger partial charge is 0.346 e. The highest BCUT2D eigenvalue weighted by Gasteiger charge is 2.30. The van der Waals surface area contributed by atoms with Gasteiger partial charge in [0.2, 0.25) is 16.9 Å². The summed E-state index contributed by atoms with van der Waals surface area (Å²) in [7, 11) is 0. The predicted octanol–water partition coefficient (Wildman–Crippen LogP) is 0.681. The van der Waals surface area contributed by atoms with Crippen molar-refractivity contribution >= 4 is 28.3 Å². The number of halogens is 3. The molecule has 11 heteroatoms. The van der Waals surface area contributed by atoms with E-state index in [0.29, 0.717) is 11.3 Å². The van der Waals surface area contributed by atoms with E-state index in [1.165, 1.54) is 0 Å². The molecule has 0 aromatic carbocycles. The van der Waals surface area contributed by atoms with Crippen molar-refractivity contribution in [3.63, 3.8) is 0 Å². The molecule has 0 aliphatic heterocycles. The van der Waals surface area contributed by atoms with Crippen molar-refractivity contribution in [1.29, 1.82) is 0 Å². The van der Waals surface area contributed by atoms with Gasteiger partial charge in [-0.3, -0.25) is 14.9 Å². The van der Waals surface area contributed by atoms with Crippen molar-refractivity contribution in [2.24, 2.45) is 11.7 Å². The molecular weight excluding hydrogens is 323 g/mol. The van der Waals surface area contributed by atoms with E-state index < -0.39 is 30.5 Å². The molecule has 1 atom stereocenters. The van der Waals surface area contributed by atoms with Gasteiger partial charge in [0.1, 0.15) is 5.01 Å². The maximum atomic E-state index is 12.2. The van der Waals surface area contributed by atoms with Crippen LogP contribution in [-0.4, -0.2) is 40.8 Å². The van der Waals surface area contributed by atoms with Crippen LogP contribution in [0.3, 0.4) is 0 Å². The number of anilines is 1. The quantitative estimate of drug-likeness (QED) is 0.706. The van der Waals surface area contributed by atoms with Gasteiger partial charge in [-0.2, -0.15) is 13.2 Å². The molecule has 1 aromatic rings. The molecule has 4 N–H and O–H groups in total. The number of carbonyl (C=O) groups excluding carboxylic acids is 2. The van der Waals surface area contributed by atoms with Gasteiger partial charge in [-0.1, -0.05) is 25.2 Å². The fraction of sp³-hybridized carbons (Fsp3) is 0.636. The van der Waals surface area contributed by atoms with E-state index in [2.05, 4.69) is 20.8 Å². The maximum absolute atomic E-state index is 12.2. The lowest BCUT2D eigenvalue weighted by atomic mass is 10.1. The number of rotatable bonds is 6. The summed E-state index contributed by atoms with van der Waals surface area (Å²) in [5.74, 6) is -1.20. The van der Waals surface area contributed by atoms with Crippen molar-refractivity contribution in [3.8, 4) is 0 Å². The van der Waals surface area contributed by atoms with Gasteiger partial charge in [-0.15, -0.1) is 10.2 Å². The normalized spacial score (nSPS) is 13.0. The molecule has 0 saturated heterocycles. The van der Waals surface area contributed by atoms with Crippen LogP contribution in [0.5, 0.6) is 0 Å². The highest BCUT2D eigenvalue weighted by atomic mass is 32.1. The number of hydrogen-bond acceptors (Lipinski definition) is 6. The van der Waals surface area contributed by atoms with E-state index >= 15 is 0 Å². The molecule has 22 heavy (non-hydrogen) atoms. The van der Waals surface area contributed by atoms with Crippen molar-refractivity contribution in [2.75, 3.05) is 11.9 Å².